The lowest BCUT2D eigenvalue weighted by Gasteiger charge is -2.26. The largest absolute Gasteiger partial charge is 0.455 e. The van der Waals surface area contributed by atoms with Crippen LogP contribution >= 0.6 is 0 Å². The van der Waals surface area contributed by atoms with E-state index in [1.165, 1.54) is 38.6 Å². The van der Waals surface area contributed by atoms with Crippen LogP contribution in [0.5, 0.6) is 0 Å². The van der Waals surface area contributed by atoms with Gasteiger partial charge in [0.15, 0.2) is 0 Å². The molecule has 240 valence electrons. The number of furan rings is 1. The summed E-state index contributed by atoms with van der Waals surface area (Å²) in [6.45, 7) is 0. The van der Waals surface area contributed by atoms with Gasteiger partial charge in [-0.25, -0.2) is 0 Å². The molecule has 0 spiro atoms. The maximum absolute atomic E-state index is 6.36. The third kappa shape index (κ3) is 4.90. The van der Waals surface area contributed by atoms with Crippen molar-refractivity contribution >= 4 is 60.8 Å². The fraction of sp³-hybridized carbons (Fsp3) is 0. The zero-order valence-electron chi connectivity index (χ0n) is 27.8. The zero-order valence-corrected chi connectivity index (χ0v) is 27.8. The number of hydrogen-bond acceptors (Lipinski definition) is 2. The van der Waals surface area contributed by atoms with Crippen molar-refractivity contribution in [2.75, 3.05) is 4.90 Å². The molecule has 0 bridgehead atoms. The molecule has 2 heterocycles. The van der Waals surface area contributed by atoms with Gasteiger partial charge in [0.1, 0.15) is 11.2 Å². The Morgan fingerprint density at radius 1 is 0.373 bits per heavy atom. The fourth-order valence-corrected chi connectivity index (χ4v) is 7.60. The van der Waals surface area contributed by atoms with E-state index in [9.17, 15) is 0 Å². The van der Waals surface area contributed by atoms with Crippen LogP contribution in [0.4, 0.5) is 17.1 Å². The van der Waals surface area contributed by atoms with Gasteiger partial charge in [0.2, 0.25) is 0 Å². The van der Waals surface area contributed by atoms with Crippen LogP contribution in [0.3, 0.4) is 0 Å². The van der Waals surface area contributed by atoms with Crippen LogP contribution in [0.15, 0.2) is 199 Å². The van der Waals surface area contributed by atoms with E-state index in [4.69, 9.17) is 4.42 Å². The van der Waals surface area contributed by atoms with Gasteiger partial charge in [-0.3, -0.25) is 0 Å². The van der Waals surface area contributed by atoms with E-state index in [1.807, 2.05) is 12.1 Å². The monoisotopic (exact) mass is 652 g/mol. The van der Waals surface area contributed by atoms with Crippen LogP contribution in [0.1, 0.15) is 0 Å². The number of benzene rings is 8. The van der Waals surface area contributed by atoms with E-state index in [-0.39, 0.29) is 0 Å². The first-order valence-corrected chi connectivity index (χ1v) is 17.4. The van der Waals surface area contributed by atoms with E-state index < -0.39 is 0 Å². The zero-order chi connectivity index (χ0) is 33.7. The standard InChI is InChI=1S/C48H32N2O/c1-3-12-36(13-4-1)49(39-29-24-34(25-30-39)40-18-11-19-43-42-17-8-10-21-47(42)51-48(40)43)38-27-22-33(23-28-38)35-26-31-46-44(32-35)41-16-7-9-20-45(41)50(46)37-14-5-2-6-15-37/h1-32H. The number of rotatable bonds is 6. The van der Waals surface area contributed by atoms with Crippen molar-refractivity contribution in [2.24, 2.45) is 0 Å². The lowest BCUT2D eigenvalue weighted by molar-refractivity contribution is 0.670. The number of nitrogens with zero attached hydrogens (tertiary/aromatic N) is 2. The van der Waals surface area contributed by atoms with Crippen molar-refractivity contribution in [3.63, 3.8) is 0 Å². The lowest BCUT2D eigenvalue weighted by Crippen LogP contribution is -2.09. The highest BCUT2D eigenvalue weighted by atomic mass is 16.3. The van der Waals surface area contributed by atoms with Crippen LogP contribution in [-0.2, 0) is 0 Å². The lowest BCUT2D eigenvalue weighted by atomic mass is 10.0. The molecule has 0 amide bonds. The minimum Gasteiger partial charge on any atom is -0.455 e. The van der Waals surface area contributed by atoms with Gasteiger partial charge in [0, 0.05) is 49.9 Å². The normalized spacial score (nSPS) is 11.5. The summed E-state index contributed by atoms with van der Waals surface area (Å²) in [6, 6.07) is 69.1. The Kier molecular flexibility index (Phi) is 6.81. The first-order chi connectivity index (χ1) is 25.3. The van der Waals surface area contributed by atoms with Gasteiger partial charge < -0.3 is 13.9 Å². The van der Waals surface area contributed by atoms with E-state index in [1.54, 1.807) is 0 Å². The van der Waals surface area contributed by atoms with Crippen LogP contribution in [0.2, 0.25) is 0 Å². The van der Waals surface area contributed by atoms with Gasteiger partial charge in [-0.15, -0.1) is 0 Å². The third-order valence-corrected chi connectivity index (χ3v) is 10.0. The summed E-state index contributed by atoms with van der Waals surface area (Å²) in [5, 5.41) is 4.79. The molecule has 8 aromatic carbocycles. The van der Waals surface area contributed by atoms with Crippen LogP contribution in [-0.4, -0.2) is 4.57 Å². The summed E-state index contributed by atoms with van der Waals surface area (Å²) in [7, 11) is 0. The minimum absolute atomic E-state index is 0.911. The summed E-state index contributed by atoms with van der Waals surface area (Å²) in [4.78, 5) is 2.31. The van der Waals surface area contributed by atoms with Gasteiger partial charge in [-0.2, -0.15) is 0 Å². The van der Waals surface area contributed by atoms with Gasteiger partial charge >= 0.3 is 0 Å². The topological polar surface area (TPSA) is 21.3 Å². The first-order valence-electron chi connectivity index (χ1n) is 17.4. The van der Waals surface area contributed by atoms with Gasteiger partial charge in [0.05, 0.1) is 11.0 Å². The Hall–Kier alpha value is -6.84. The smallest absolute Gasteiger partial charge is 0.143 e. The molecule has 0 atom stereocenters. The van der Waals surface area contributed by atoms with Crippen molar-refractivity contribution in [2.45, 2.75) is 0 Å². The second kappa shape index (κ2) is 11.9. The number of anilines is 3. The predicted octanol–water partition coefficient (Wildman–Crippen LogP) is 13.5. The quantitative estimate of drug-likeness (QED) is 0.178. The SMILES string of the molecule is c1ccc(N(c2ccc(-c3ccc4c(c3)c3ccccc3n4-c3ccccc3)cc2)c2ccc(-c3cccc4c3oc3ccccc34)cc2)cc1. The minimum atomic E-state index is 0.911. The molecule has 3 heteroatoms. The second-order valence-corrected chi connectivity index (χ2v) is 13.0. The summed E-state index contributed by atoms with van der Waals surface area (Å²) in [5.41, 5.74) is 13.3. The third-order valence-electron chi connectivity index (χ3n) is 10.0. The molecule has 0 aliphatic heterocycles. The molecule has 10 aromatic rings. The van der Waals surface area contributed by atoms with Crippen molar-refractivity contribution in [1.82, 2.24) is 4.57 Å². The van der Waals surface area contributed by atoms with E-state index in [2.05, 4.69) is 191 Å². The van der Waals surface area contributed by atoms with Crippen molar-refractivity contribution in [3.05, 3.63) is 194 Å². The molecule has 3 nitrogen and oxygen atoms in total. The Labute approximate surface area is 295 Å². The van der Waals surface area contributed by atoms with Crippen molar-refractivity contribution in [1.29, 1.82) is 0 Å². The van der Waals surface area contributed by atoms with Crippen LogP contribution in [0, 0.1) is 0 Å². The maximum Gasteiger partial charge on any atom is 0.143 e. The molecular weight excluding hydrogens is 621 g/mol. The molecule has 0 saturated heterocycles. The highest BCUT2D eigenvalue weighted by molar-refractivity contribution is 6.11. The van der Waals surface area contributed by atoms with Crippen molar-refractivity contribution in [3.8, 4) is 27.9 Å². The molecule has 51 heavy (non-hydrogen) atoms. The number of hydrogen-bond donors (Lipinski definition) is 0. The fourth-order valence-electron chi connectivity index (χ4n) is 7.60. The number of aromatic nitrogens is 1. The molecular formula is C48H32N2O. The summed E-state index contributed by atoms with van der Waals surface area (Å²) >= 11 is 0. The Balaban J connectivity index is 1.02. The van der Waals surface area contributed by atoms with Gasteiger partial charge in [-0.1, -0.05) is 121 Å². The maximum atomic E-state index is 6.36. The highest BCUT2D eigenvalue weighted by Gasteiger charge is 2.17. The van der Waals surface area contributed by atoms with Gasteiger partial charge in [-0.05, 0) is 89.5 Å². The van der Waals surface area contributed by atoms with Crippen LogP contribution in [0.25, 0.3) is 71.7 Å². The molecule has 0 aliphatic carbocycles. The average molecular weight is 653 g/mol. The summed E-state index contributed by atoms with van der Waals surface area (Å²) in [6.07, 6.45) is 0. The average Bonchev–Trinajstić information content (AvgIpc) is 3.75. The Morgan fingerprint density at radius 3 is 1.71 bits per heavy atom. The molecule has 0 N–H and O–H groups in total. The van der Waals surface area contributed by atoms with E-state index in [0.717, 1.165) is 50.1 Å². The van der Waals surface area contributed by atoms with Crippen molar-refractivity contribution < 1.29 is 4.42 Å². The van der Waals surface area contributed by atoms with E-state index in [0.29, 0.717) is 0 Å². The first kappa shape index (κ1) is 29.1. The molecule has 0 saturated carbocycles. The molecule has 0 radical (unpaired) electrons. The highest BCUT2D eigenvalue weighted by Crippen LogP contribution is 2.40. The predicted molar refractivity (Wildman–Crippen MR) is 214 cm³/mol. The number of fused-ring (bicyclic) bond motifs is 6. The molecule has 0 fully saturated rings. The molecule has 2 aromatic heterocycles. The Morgan fingerprint density at radius 2 is 0.941 bits per heavy atom. The second-order valence-electron chi connectivity index (χ2n) is 13.0. The van der Waals surface area contributed by atoms with E-state index >= 15 is 0 Å². The molecule has 0 unspecified atom stereocenters. The molecule has 0 aliphatic rings. The van der Waals surface area contributed by atoms with Gasteiger partial charge in [0.25, 0.3) is 0 Å². The van der Waals surface area contributed by atoms with Crippen LogP contribution < -0.4 is 4.90 Å². The summed E-state index contributed by atoms with van der Waals surface area (Å²) in [5.74, 6) is 0. The summed E-state index contributed by atoms with van der Waals surface area (Å²) < 4.78 is 8.72. The molecule has 10 rings (SSSR count). The number of para-hydroxylation sites is 5. The Bertz CT molecular complexity index is 2830.